The van der Waals surface area contributed by atoms with Crippen LogP contribution in [0, 0.1) is 23.0 Å². The smallest absolute Gasteiger partial charge is 0.336 e. The first-order valence-electron chi connectivity index (χ1n) is 14.6. The van der Waals surface area contributed by atoms with Gasteiger partial charge in [0.25, 0.3) is 5.88 Å². The van der Waals surface area contributed by atoms with E-state index >= 15 is 8.78 Å². The molecule has 12 heteroatoms. The number of benzene rings is 4. The van der Waals surface area contributed by atoms with Crippen LogP contribution in [0.25, 0.3) is 0 Å². The van der Waals surface area contributed by atoms with E-state index in [2.05, 4.69) is 9.98 Å². The molecule has 0 saturated carbocycles. The van der Waals surface area contributed by atoms with Crippen molar-refractivity contribution in [3.05, 3.63) is 131 Å². The molecule has 1 aromatic heterocycles. The van der Waals surface area contributed by atoms with Gasteiger partial charge in [-0.2, -0.15) is 9.65 Å². The van der Waals surface area contributed by atoms with Crippen molar-refractivity contribution in [2.24, 2.45) is 4.99 Å². The van der Waals surface area contributed by atoms with Gasteiger partial charge in [-0.15, -0.1) is 0 Å². The first-order valence-corrected chi connectivity index (χ1v) is 15.4. The summed E-state index contributed by atoms with van der Waals surface area (Å²) in [7, 11) is 1.83. The zero-order valence-corrected chi connectivity index (χ0v) is 26.2. The average Bonchev–Trinajstić information content (AvgIpc) is 3.53. The van der Waals surface area contributed by atoms with Crippen LogP contribution in [0.4, 0.5) is 8.78 Å². The van der Waals surface area contributed by atoms with Crippen molar-refractivity contribution in [2.45, 2.75) is 16.4 Å². The third-order valence-electron chi connectivity index (χ3n) is 7.22. The summed E-state index contributed by atoms with van der Waals surface area (Å²) in [4.78, 5) is 23.2. The van der Waals surface area contributed by atoms with Gasteiger partial charge in [0.05, 0.1) is 35.5 Å². The van der Waals surface area contributed by atoms with Crippen LogP contribution >= 0.6 is 11.8 Å². The number of aromatic carboxylic acids is 1. The van der Waals surface area contributed by atoms with Gasteiger partial charge < -0.3 is 24.2 Å². The lowest BCUT2D eigenvalue weighted by atomic mass is 10.1. The molecule has 48 heavy (non-hydrogen) atoms. The van der Waals surface area contributed by atoms with Crippen LogP contribution in [0.2, 0.25) is 0 Å². The molecule has 0 atom stereocenters. The number of ether oxygens (including phenoxy) is 3. The van der Waals surface area contributed by atoms with Crippen molar-refractivity contribution >= 4 is 23.6 Å². The summed E-state index contributed by atoms with van der Waals surface area (Å²) in [5.41, 5.74) is 1.69. The van der Waals surface area contributed by atoms with E-state index < -0.39 is 29.2 Å². The van der Waals surface area contributed by atoms with Gasteiger partial charge in [-0.05, 0) is 48.0 Å². The number of likely N-dealkylation sites (N-methyl/N-ethyl adjacent to an activating group) is 1. The Morgan fingerprint density at radius 1 is 0.979 bits per heavy atom. The first kappa shape index (κ1) is 32.0. The van der Waals surface area contributed by atoms with Gasteiger partial charge in [-0.25, -0.2) is 14.2 Å². The monoisotopic (exact) mass is 664 g/mol. The molecule has 0 bridgehead atoms. The Balaban J connectivity index is 1.32. The summed E-state index contributed by atoms with van der Waals surface area (Å²) in [5, 5.41) is 19.1. The van der Waals surface area contributed by atoms with E-state index in [0.29, 0.717) is 34.3 Å². The quantitative estimate of drug-likeness (QED) is 0.150. The molecule has 4 aromatic carbocycles. The van der Waals surface area contributed by atoms with Gasteiger partial charge in [0.15, 0.2) is 17.3 Å². The predicted molar refractivity (Wildman–Crippen MR) is 174 cm³/mol. The van der Waals surface area contributed by atoms with E-state index in [1.54, 1.807) is 36.4 Å². The van der Waals surface area contributed by atoms with Crippen molar-refractivity contribution in [1.29, 1.82) is 5.26 Å². The number of carboxylic acids is 1. The van der Waals surface area contributed by atoms with Gasteiger partial charge in [-0.1, -0.05) is 54.2 Å². The van der Waals surface area contributed by atoms with E-state index in [4.69, 9.17) is 14.2 Å². The molecular formula is C36H26F2N4O5S. The van der Waals surface area contributed by atoms with Gasteiger partial charge >= 0.3 is 5.97 Å². The zero-order chi connectivity index (χ0) is 33.6. The Morgan fingerprint density at radius 2 is 1.75 bits per heavy atom. The highest BCUT2D eigenvalue weighted by atomic mass is 32.2. The Bertz CT molecular complexity index is 2070. The van der Waals surface area contributed by atoms with E-state index in [0.717, 1.165) is 11.8 Å². The van der Waals surface area contributed by atoms with Crippen LogP contribution in [-0.2, 0) is 6.61 Å². The van der Waals surface area contributed by atoms with Crippen molar-refractivity contribution in [2.75, 3.05) is 20.1 Å². The fourth-order valence-electron chi connectivity index (χ4n) is 4.84. The maximum absolute atomic E-state index is 16.0. The van der Waals surface area contributed by atoms with Crippen LogP contribution < -0.4 is 14.2 Å². The van der Waals surface area contributed by atoms with E-state index in [1.807, 2.05) is 48.3 Å². The minimum Gasteiger partial charge on any atom is -0.485 e. The number of aliphatic imine (C=N–C) groups is 1. The SMILES string of the molecule is CN1CCN=C1c1cc(Sc2ccccc2C(=O)O)ccc1Oc1c(F)cnc(Oc2cc(C#N)ccc2OCc2ccccc2)c1F. The van der Waals surface area contributed by atoms with Gasteiger partial charge in [0, 0.05) is 29.4 Å². The number of hydrogen-bond acceptors (Lipinski definition) is 9. The third-order valence-corrected chi connectivity index (χ3v) is 8.29. The second-order valence-electron chi connectivity index (χ2n) is 10.5. The molecule has 0 spiro atoms. The van der Waals surface area contributed by atoms with Crippen LogP contribution in [0.15, 0.2) is 112 Å². The summed E-state index contributed by atoms with van der Waals surface area (Å²) in [6.45, 7) is 1.31. The highest BCUT2D eigenvalue weighted by molar-refractivity contribution is 7.99. The van der Waals surface area contributed by atoms with E-state index in [-0.39, 0.29) is 35.0 Å². The Hall–Kier alpha value is -5.93. The highest BCUT2D eigenvalue weighted by Crippen LogP contribution is 2.40. The summed E-state index contributed by atoms with van der Waals surface area (Å²) >= 11 is 1.23. The second-order valence-corrected chi connectivity index (χ2v) is 11.6. The molecule has 0 unspecified atom stereocenters. The maximum Gasteiger partial charge on any atom is 0.336 e. The molecule has 2 heterocycles. The molecule has 1 N–H and O–H groups in total. The molecule has 1 aliphatic rings. The Morgan fingerprint density at radius 3 is 2.50 bits per heavy atom. The molecule has 1 aliphatic heterocycles. The molecule has 0 amide bonds. The number of nitrogens with zero attached hydrogens (tertiary/aromatic N) is 4. The standard InChI is InChI=1S/C36H26F2N4O5S/c1-42-16-15-40-34(42)26-18-24(48-31-10-6-5-9-25(31)36(43)44)12-14-28(26)46-33-27(37)20-41-35(32(33)38)47-30-17-23(19-39)11-13-29(30)45-21-22-7-3-2-4-8-22/h2-14,17-18,20H,15-16,21H2,1H3,(H,43,44). The molecule has 5 aromatic rings. The van der Waals surface area contributed by atoms with Crippen molar-refractivity contribution < 1.29 is 32.9 Å². The summed E-state index contributed by atoms with van der Waals surface area (Å²) in [5.74, 6) is -3.85. The van der Waals surface area contributed by atoms with E-state index in [9.17, 15) is 15.2 Å². The number of carbonyl (C=O) groups is 1. The van der Waals surface area contributed by atoms with Crippen molar-refractivity contribution in [1.82, 2.24) is 9.88 Å². The zero-order valence-electron chi connectivity index (χ0n) is 25.4. The molecule has 6 rings (SSSR count). The number of rotatable bonds is 11. The molecule has 0 radical (unpaired) electrons. The Labute approximate surface area is 278 Å². The van der Waals surface area contributed by atoms with Gasteiger partial charge in [-0.3, -0.25) is 4.99 Å². The fraction of sp³-hybridized carbons (Fsp3) is 0.111. The van der Waals surface area contributed by atoms with Crippen LogP contribution in [-0.4, -0.2) is 46.9 Å². The number of pyridine rings is 1. The molecular weight excluding hydrogens is 638 g/mol. The Kier molecular flexibility index (Phi) is 9.50. The fourth-order valence-corrected chi connectivity index (χ4v) is 5.82. The van der Waals surface area contributed by atoms with Crippen molar-refractivity contribution in [3.8, 4) is 34.9 Å². The first-order chi connectivity index (χ1) is 23.3. The van der Waals surface area contributed by atoms with Crippen LogP contribution in [0.1, 0.15) is 27.0 Å². The molecule has 0 saturated heterocycles. The summed E-state index contributed by atoms with van der Waals surface area (Å²) in [6, 6.07) is 27.3. The minimum atomic E-state index is -1.21. The normalized spacial score (nSPS) is 12.3. The minimum absolute atomic E-state index is 0.000385. The van der Waals surface area contributed by atoms with Gasteiger partial charge in [0.1, 0.15) is 18.2 Å². The topological polar surface area (TPSA) is 117 Å². The van der Waals surface area contributed by atoms with Gasteiger partial charge in [0.2, 0.25) is 11.6 Å². The van der Waals surface area contributed by atoms with Crippen LogP contribution in [0.5, 0.6) is 28.9 Å². The number of hydrogen-bond donors (Lipinski definition) is 1. The summed E-state index contributed by atoms with van der Waals surface area (Å²) in [6.07, 6.45) is 0.776. The number of aromatic nitrogens is 1. The largest absolute Gasteiger partial charge is 0.485 e. The number of amidine groups is 1. The molecule has 9 nitrogen and oxygen atoms in total. The maximum atomic E-state index is 16.0. The van der Waals surface area contributed by atoms with E-state index in [1.165, 1.54) is 36.0 Å². The third kappa shape index (κ3) is 7.06. The lowest BCUT2D eigenvalue weighted by Crippen LogP contribution is -2.24. The second kappa shape index (κ2) is 14.2. The number of nitriles is 1. The average molecular weight is 665 g/mol. The molecule has 0 fully saturated rings. The predicted octanol–water partition coefficient (Wildman–Crippen LogP) is 7.94. The number of carboxylic acid groups (broad SMARTS) is 1. The lowest BCUT2D eigenvalue weighted by molar-refractivity contribution is 0.0693. The van der Waals surface area contributed by atoms with Crippen LogP contribution in [0.3, 0.4) is 0 Å². The molecule has 0 aliphatic carbocycles. The number of halogens is 2. The highest BCUT2D eigenvalue weighted by Gasteiger charge is 2.25. The summed E-state index contributed by atoms with van der Waals surface area (Å²) < 4.78 is 48.7. The van der Waals surface area contributed by atoms with Crippen molar-refractivity contribution in [3.63, 3.8) is 0 Å². The molecule has 240 valence electrons. The lowest BCUT2D eigenvalue weighted by Gasteiger charge is -2.19.